The van der Waals surface area contributed by atoms with Crippen molar-refractivity contribution in [1.82, 2.24) is 5.27 Å². The van der Waals surface area contributed by atoms with Gasteiger partial charge in [-0.15, -0.1) is 0 Å². The molecule has 180 valence electrons. The van der Waals surface area contributed by atoms with Gasteiger partial charge in [-0.1, -0.05) is 42.1 Å². The molecule has 3 aromatic rings. The highest BCUT2D eigenvalue weighted by atomic mass is 32.2. The average Bonchev–Trinajstić information content (AvgIpc) is 3.43. The molecule has 2 heterocycles. The van der Waals surface area contributed by atoms with E-state index < -0.39 is 5.90 Å². The molecule has 10 heteroatoms. The molecule has 4 rings (SSSR count). The Morgan fingerprint density at radius 3 is 2.54 bits per heavy atom. The lowest BCUT2D eigenvalue weighted by atomic mass is 10.1. The molecule has 1 aliphatic heterocycles. The van der Waals surface area contributed by atoms with E-state index in [1.54, 1.807) is 17.0 Å². The number of nitrogens with zero attached hydrogens (tertiary/aromatic N) is 6. The van der Waals surface area contributed by atoms with E-state index in [1.807, 2.05) is 87.4 Å². The summed E-state index contributed by atoms with van der Waals surface area (Å²) in [6, 6.07) is 17.2. The van der Waals surface area contributed by atoms with Crippen LogP contribution in [0.4, 0.5) is 17.3 Å². The Labute approximate surface area is 208 Å². The highest BCUT2D eigenvalue weighted by Crippen LogP contribution is 2.29. The summed E-state index contributed by atoms with van der Waals surface area (Å²) in [5, 5.41) is 16.7. The number of para-hydroxylation sites is 1. The van der Waals surface area contributed by atoms with Crippen LogP contribution in [0, 0.1) is 0 Å². The van der Waals surface area contributed by atoms with Crippen LogP contribution >= 0.6 is 11.8 Å². The highest BCUT2D eigenvalue weighted by Gasteiger charge is 2.31. The van der Waals surface area contributed by atoms with Crippen molar-refractivity contribution in [2.24, 2.45) is 9.98 Å². The van der Waals surface area contributed by atoms with Crippen molar-refractivity contribution in [3.05, 3.63) is 72.1 Å². The Morgan fingerprint density at radius 1 is 1.20 bits per heavy atom. The van der Waals surface area contributed by atoms with Gasteiger partial charge in [0.25, 0.3) is 12.1 Å². The van der Waals surface area contributed by atoms with Gasteiger partial charge < -0.3 is 10.0 Å². The summed E-state index contributed by atoms with van der Waals surface area (Å²) in [6.07, 6.45) is 3.32. The van der Waals surface area contributed by atoms with Crippen LogP contribution in [0.2, 0.25) is 0 Å². The number of carbonyl (C=O) groups excluding carboxylic acids is 1. The first kappa shape index (κ1) is 24.2. The number of benzene rings is 2. The first-order valence-electron chi connectivity index (χ1n) is 11.0. The predicted molar refractivity (Wildman–Crippen MR) is 137 cm³/mol. The van der Waals surface area contributed by atoms with Crippen LogP contribution in [0.1, 0.15) is 25.5 Å². The fourth-order valence-corrected chi connectivity index (χ4v) is 4.05. The molecule has 0 aliphatic carbocycles. The van der Waals surface area contributed by atoms with E-state index in [0.717, 1.165) is 23.0 Å². The van der Waals surface area contributed by atoms with Crippen LogP contribution in [-0.4, -0.2) is 42.1 Å². The van der Waals surface area contributed by atoms with Crippen molar-refractivity contribution in [3.63, 3.8) is 0 Å². The number of amides is 1. The largest absolute Gasteiger partial charge is 0.861 e. The second-order valence-corrected chi connectivity index (χ2v) is 9.24. The third-order valence-corrected chi connectivity index (χ3v) is 6.04. The number of aromatic nitrogens is 2. The molecular weight excluding hydrogens is 464 g/mol. The number of aliphatic imine (C=N–C) groups is 2. The van der Waals surface area contributed by atoms with E-state index in [2.05, 4.69) is 15.3 Å². The fourth-order valence-electron chi connectivity index (χ4n) is 3.25. The molecule has 0 atom stereocenters. The molecule has 0 saturated carbocycles. The Morgan fingerprint density at radius 2 is 1.91 bits per heavy atom. The summed E-state index contributed by atoms with van der Waals surface area (Å²) in [6.45, 7) is 3.89. The van der Waals surface area contributed by atoms with Gasteiger partial charge in [0.15, 0.2) is 11.2 Å². The number of anilines is 2. The number of amidine groups is 1. The molecule has 9 nitrogen and oxygen atoms in total. The monoisotopic (exact) mass is 490 g/mol. The van der Waals surface area contributed by atoms with Crippen LogP contribution in [0.15, 0.2) is 81.0 Å². The minimum atomic E-state index is -0.415. The molecule has 1 aliphatic rings. The fraction of sp³-hybridized carbons (Fsp3) is 0.240. The van der Waals surface area contributed by atoms with Crippen molar-refractivity contribution >= 4 is 52.1 Å². The Bertz CT molecular complexity index is 1280. The third kappa shape index (κ3) is 5.78. The first-order valence-corrected chi connectivity index (χ1v) is 12.0. The molecular formula is C25H26N6O3S. The summed E-state index contributed by atoms with van der Waals surface area (Å²) in [5.74, 6) is -0.548. The van der Waals surface area contributed by atoms with Gasteiger partial charge in [0, 0.05) is 25.5 Å². The van der Waals surface area contributed by atoms with Gasteiger partial charge in [-0.25, -0.2) is 9.98 Å². The highest BCUT2D eigenvalue weighted by molar-refractivity contribution is 8.14. The molecule has 1 aromatic heterocycles. The Hall–Kier alpha value is -3.92. The van der Waals surface area contributed by atoms with Crippen LogP contribution in [-0.2, 0) is 4.79 Å². The summed E-state index contributed by atoms with van der Waals surface area (Å²) < 4.78 is 6.67. The molecule has 2 aromatic carbocycles. The second kappa shape index (κ2) is 10.6. The lowest BCUT2D eigenvalue weighted by Crippen LogP contribution is -2.36. The minimum Gasteiger partial charge on any atom is -0.861 e. The van der Waals surface area contributed by atoms with Gasteiger partial charge in [-0.05, 0) is 60.3 Å². The van der Waals surface area contributed by atoms with Crippen molar-refractivity contribution in [3.8, 4) is 0 Å². The van der Waals surface area contributed by atoms with Gasteiger partial charge in [-0.2, -0.15) is 0 Å². The quantitative estimate of drug-likeness (QED) is 0.218. The lowest BCUT2D eigenvalue weighted by molar-refractivity contribution is -0.779. The maximum Gasteiger partial charge on any atom is 0.320 e. The van der Waals surface area contributed by atoms with Crippen LogP contribution < -0.4 is 19.6 Å². The van der Waals surface area contributed by atoms with Gasteiger partial charge in [-0.3, -0.25) is 14.2 Å². The number of hydrogen-bond acceptors (Lipinski definition) is 8. The van der Waals surface area contributed by atoms with Gasteiger partial charge >= 0.3 is 5.88 Å². The van der Waals surface area contributed by atoms with Crippen molar-refractivity contribution in [1.29, 1.82) is 0 Å². The maximum absolute atomic E-state index is 13.3. The second-order valence-electron chi connectivity index (χ2n) is 8.29. The summed E-state index contributed by atoms with van der Waals surface area (Å²) in [5.41, 5.74) is 2.89. The molecule has 35 heavy (non-hydrogen) atoms. The molecule has 0 unspecified atom stereocenters. The number of rotatable bonds is 7. The first-order chi connectivity index (χ1) is 16.8. The zero-order valence-corrected chi connectivity index (χ0v) is 20.8. The van der Waals surface area contributed by atoms with Crippen molar-refractivity contribution in [2.75, 3.05) is 29.6 Å². The smallest absolute Gasteiger partial charge is 0.320 e. The summed E-state index contributed by atoms with van der Waals surface area (Å²) in [7, 11) is 3.94. The van der Waals surface area contributed by atoms with E-state index >= 15 is 0 Å². The normalized spacial score (nSPS) is 15.3. The lowest BCUT2D eigenvalue weighted by Gasteiger charge is -2.18. The van der Waals surface area contributed by atoms with Gasteiger partial charge in [0.2, 0.25) is 5.27 Å². The van der Waals surface area contributed by atoms with Crippen LogP contribution in [0.3, 0.4) is 0 Å². The number of hydrogen-bond donors (Lipinski definition) is 0. The van der Waals surface area contributed by atoms with Crippen molar-refractivity contribution in [2.45, 2.75) is 19.9 Å². The molecule has 0 N–H and O–H groups in total. The summed E-state index contributed by atoms with van der Waals surface area (Å²) in [4.78, 5) is 25.3. The summed E-state index contributed by atoms with van der Waals surface area (Å²) >= 11 is 1.15. The number of thioether (sulfide) groups is 1. The SMILES string of the molecule is CC(C)[n+]1cc(/N=C(\[O-])CSC2=N/C(=C/c3ccc(N(C)C)cc3)C(=O)N2c2ccccc2)on1. The molecule has 0 spiro atoms. The van der Waals surface area contributed by atoms with E-state index in [0.29, 0.717) is 16.6 Å². The molecule has 0 bridgehead atoms. The Balaban J connectivity index is 1.57. The standard InChI is InChI=1S/C25H26N6O3S/c1-17(2)30-15-23(34-28-30)27-22(32)16-35-25-26-21(14-18-10-12-19(13-11-18)29(3)4)24(33)31(25)20-8-6-5-7-9-20/h5-15,17H,16H2,1-4H3/b21-14+. The zero-order valence-electron chi connectivity index (χ0n) is 20.0. The average molecular weight is 491 g/mol. The predicted octanol–water partition coefficient (Wildman–Crippen LogP) is 3.18. The Kier molecular flexibility index (Phi) is 7.31. The van der Waals surface area contributed by atoms with E-state index in [9.17, 15) is 9.90 Å². The number of carbonyl (C=O) groups is 1. The van der Waals surface area contributed by atoms with Gasteiger partial charge in [0.05, 0.1) is 5.69 Å². The topological polar surface area (TPSA) is 101 Å². The third-order valence-electron chi connectivity index (χ3n) is 5.12. The molecule has 0 saturated heterocycles. The van der Waals surface area contributed by atoms with Crippen LogP contribution in [0.25, 0.3) is 6.08 Å². The van der Waals surface area contributed by atoms with E-state index in [1.165, 1.54) is 4.90 Å². The van der Waals surface area contributed by atoms with E-state index in [-0.39, 0.29) is 23.6 Å². The molecule has 0 fully saturated rings. The maximum atomic E-state index is 13.3. The van der Waals surface area contributed by atoms with E-state index in [4.69, 9.17) is 4.52 Å². The molecule has 0 radical (unpaired) electrons. The minimum absolute atomic E-state index is 0.0113. The zero-order chi connectivity index (χ0) is 24.9. The van der Waals surface area contributed by atoms with Crippen molar-refractivity contribution < 1.29 is 19.1 Å². The van der Waals surface area contributed by atoms with Crippen LogP contribution in [0.5, 0.6) is 0 Å². The van der Waals surface area contributed by atoms with Gasteiger partial charge in [0.1, 0.15) is 5.70 Å². The molecule has 1 amide bonds.